The van der Waals surface area contributed by atoms with Crippen LogP contribution in [-0.4, -0.2) is 107 Å². The number of hydrogen-bond acceptors (Lipinski definition) is 12. The molecule has 0 saturated heterocycles. The van der Waals surface area contributed by atoms with Gasteiger partial charge in [0.2, 0.25) is 0 Å². The van der Waals surface area contributed by atoms with Crippen LogP contribution in [-0.2, 0) is 33.3 Å². The lowest BCUT2D eigenvalue weighted by Crippen LogP contribution is -2.43. The molecule has 0 aliphatic rings. The molecule has 8 amide bonds. The molecule has 0 heterocycles. The molecule has 0 atom stereocenters. The van der Waals surface area contributed by atoms with Gasteiger partial charge >= 0.3 is 30.5 Å². The first-order chi connectivity index (χ1) is 17.5. The maximum absolute atomic E-state index is 11.5. The van der Waals surface area contributed by atoms with Crippen LogP contribution >= 0.6 is 0 Å². The first kappa shape index (κ1) is 31.8. The predicted molar refractivity (Wildman–Crippen MR) is 114 cm³/mol. The Morgan fingerprint density at radius 3 is 1.11 bits per heavy atom. The standard InChI is InChI=1S/C16H26N8O13/c1-34-13(30)21-6-18-10(26)3-36-15(32)23-8-24-16(33)37-4-11(27)19-7-22-14(31)35-2-9(25)17-5-20-12(28)29/h20H,2-8H2,1H3,(H,17,25)(H,18,26)(H,19,27)(H,21,30)(H,22,31)(H,23,32)(H,24,33)(H,28,29). The van der Waals surface area contributed by atoms with Crippen molar-refractivity contribution in [3.8, 4) is 0 Å². The molecule has 0 spiro atoms. The van der Waals surface area contributed by atoms with Crippen molar-refractivity contribution in [2.24, 2.45) is 0 Å². The summed E-state index contributed by atoms with van der Waals surface area (Å²) >= 11 is 0. The highest BCUT2D eigenvalue weighted by Gasteiger charge is 2.11. The average Bonchev–Trinajstić information content (AvgIpc) is 2.84. The monoisotopic (exact) mass is 538 g/mol. The molecule has 21 heteroatoms. The summed E-state index contributed by atoms with van der Waals surface area (Å²) in [5.74, 6) is -2.35. The van der Waals surface area contributed by atoms with E-state index in [-0.39, 0.29) is 13.3 Å². The smallest absolute Gasteiger partial charge is 0.409 e. The third-order valence-electron chi connectivity index (χ3n) is 3.22. The van der Waals surface area contributed by atoms with E-state index >= 15 is 0 Å². The molecule has 0 bridgehead atoms. The maximum atomic E-state index is 11.5. The zero-order valence-corrected chi connectivity index (χ0v) is 19.3. The second kappa shape index (κ2) is 19.1. The summed E-state index contributed by atoms with van der Waals surface area (Å²) in [6.07, 6.45) is -5.38. The number of amides is 8. The second-order valence-corrected chi connectivity index (χ2v) is 5.92. The predicted octanol–water partition coefficient (Wildman–Crippen LogP) is -4.03. The molecule has 0 unspecified atom stereocenters. The van der Waals surface area contributed by atoms with Crippen molar-refractivity contribution in [3.63, 3.8) is 0 Å². The van der Waals surface area contributed by atoms with Crippen molar-refractivity contribution in [3.05, 3.63) is 0 Å². The molecule has 0 aromatic rings. The SMILES string of the molecule is COC(=O)NCNC(=O)COC(=O)NCNC(=O)OCC(=O)NCNC(=O)OCC(=O)NCNC(=O)O. The van der Waals surface area contributed by atoms with E-state index < -0.39 is 81.3 Å². The second-order valence-electron chi connectivity index (χ2n) is 5.92. The van der Waals surface area contributed by atoms with Crippen molar-refractivity contribution >= 4 is 48.2 Å². The number of methoxy groups -OCH3 is 1. The van der Waals surface area contributed by atoms with Gasteiger partial charge in [-0.3, -0.25) is 14.4 Å². The molecule has 0 aliphatic heterocycles. The van der Waals surface area contributed by atoms with E-state index in [0.717, 1.165) is 7.11 Å². The molecule has 37 heavy (non-hydrogen) atoms. The molecule has 0 fully saturated rings. The van der Waals surface area contributed by atoms with Gasteiger partial charge in [0.25, 0.3) is 17.7 Å². The fourth-order valence-corrected chi connectivity index (χ4v) is 1.61. The van der Waals surface area contributed by atoms with Gasteiger partial charge in [0, 0.05) is 0 Å². The van der Waals surface area contributed by atoms with Crippen LogP contribution in [0.3, 0.4) is 0 Å². The molecule has 0 rings (SSSR count). The van der Waals surface area contributed by atoms with Crippen molar-refractivity contribution < 1.29 is 62.4 Å². The molecule has 208 valence electrons. The van der Waals surface area contributed by atoms with E-state index in [4.69, 9.17) is 5.11 Å². The van der Waals surface area contributed by atoms with Gasteiger partial charge in [-0.2, -0.15) is 0 Å². The molecule has 0 radical (unpaired) electrons. The third-order valence-corrected chi connectivity index (χ3v) is 3.22. The summed E-state index contributed by atoms with van der Waals surface area (Å²) in [6, 6.07) is 0. The average molecular weight is 538 g/mol. The summed E-state index contributed by atoms with van der Waals surface area (Å²) in [7, 11) is 1.13. The Bertz CT molecular complexity index is 838. The van der Waals surface area contributed by atoms with Gasteiger partial charge in [-0.1, -0.05) is 0 Å². The fourth-order valence-electron chi connectivity index (χ4n) is 1.61. The van der Waals surface area contributed by atoms with Gasteiger partial charge in [0.15, 0.2) is 19.8 Å². The lowest BCUT2D eigenvalue weighted by Gasteiger charge is -2.10. The molecular weight excluding hydrogens is 512 g/mol. The first-order valence-electron chi connectivity index (χ1n) is 9.84. The fraction of sp³-hybridized carbons (Fsp3) is 0.500. The Kier molecular flexibility index (Phi) is 16.4. The number of nitrogens with one attached hydrogen (secondary N) is 8. The summed E-state index contributed by atoms with van der Waals surface area (Å²) in [4.78, 5) is 89.4. The third kappa shape index (κ3) is 19.9. The van der Waals surface area contributed by atoms with Crippen LogP contribution in [0.1, 0.15) is 0 Å². The molecular formula is C16H26N8O13. The molecule has 21 nitrogen and oxygen atoms in total. The van der Waals surface area contributed by atoms with Gasteiger partial charge in [-0.05, 0) is 0 Å². The van der Waals surface area contributed by atoms with E-state index in [1.165, 1.54) is 0 Å². The Labute approximate surface area is 207 Å². The summed E-state index contributed by atoms with van der Waals surface area (Å²) in [6.45, 7) is -3.72. The number of hydrogen-bond donors (Lipinski definition) is 9. The van der Waals surface area contributed by atoms with Crippen LogP contribution < -0.4 is 42.5 Å². The lowest BCUT2D eigenvalue weighted by atomic mass is 10.6. The highest BCUT2D eigenvalue weighted by atomic mass is 16.6. The normalized spacial score (nSPS) is 9.32. The van der Waals surface area contributed by atoms with E-state index in [2.05, 4.69) is 56.2 Å². The quantitative estimate of drug-likeness (QED) is 0.0753. The highest BCUT2D eigenvalue weighted by molar-refractivity contribution is 5.82. The summed E-state index contributed by atoms with van der Waals surface area (Å²) in [5.41, 5.74) is 0. The minimum Gasteiger partial charge on any atom is -0.465 e. The zero-order chi connectivity index (χ0) is 28.1. The van der Waals surface area contributed by atoms with Gasteiger partial charge in [-0.15, -0.1) is 0 Å². The molecule has 0 saturated carbocycles. The van der Waals surface area contributed by atoms with Crippen LogP contribution in [0.15, 0.2) is 0 Å². The van der Waals surface area contributed by atoms with E-state index in [9.17, 15) is 38.4 Å². The number of rotatable bonds is 14. The van der Waals surface area contributed by atoms with Crippen molar-refractivity contribution in [2.75, 3.05) is 53.6 Å². The number of carbonyl (C=O) groups is 8. The van der Waals surface area contributed by atoms with Crippen LogP contribution in [0.2, 0.25) is 0 Å². The van der Waals surface area contributed by atoms with Crippen molar-refractivity contribution in [1.29, 1.82) is 0 Å². The first-order valence-corrected chi connectivity index (χ1v) is 9.84. The molecule has 0 aromatic carbocycles. The van der Waals surface area contributed by atoms with Crippen molar-refractivity contribution in [2.45, 2.75) is 0 Å². The van der Waals surface area contributed by atoms with E-state index in [1.807, 2.05) is 5.32 Å². The number of carboxylic acid groups (broad SMARTS) is 1. The Morgan fingerprint density at radius 2 is 0.784 bits per heavy atom. The zero-order valence-electron chi connectivity index (χ0n) is 19.3. The Hall–Kier alpha value is -5.24. The van der Waals surface area contributed by atoms with Crippen LogP contribution in [0.25, 0.3) is 0 Å². The number of alkyl carbamates (subject to hydrolysis) is 4. The minimum absolute atomic E-state index is 0.258. The lowest BCUT2D eigenvalue weighted by molar-refractivity contribution is -0.125. The van der Waals surface area contributed by atoms with Crippen LogP contribution in [0, 0.1) is 0 Å². The summed E-state index contributed by atoms with van der Waals surface area (Å²) < 4.78 is 17.8. The van der Waals surface area contributed by atoms with Crippen molar-refractivity contribution in [1.82, 2.24) is 42.5 Å². The van der Waals surface area contributed by atoms with Crippen LogP contribution in [0.5, 0.6) is 0 Å². The minimum atomic E-state index is -1.36. The van der Waals surface area contributed by atoms with Gasteiger partial charge < -0.3 is 66.6 Å². The van der Waals surface area contributed by atoms with E-state index in [1.54, 1.807) is 0 Å². The molecule has 9 N–H and O–H groups in total. The summed E-state index contributed by atoms with van der Waals surface area (Å²) in [5, 5.41) is 24.9. The Morgan fingerprint density at radius 1 is 0.486 bits per heavy atom. The largest absolute Gasteiger partial charge is 0.465 e. The van der Waals surface area contributed by atoms with Gasteiger partial charge in [0.1, 0.15) is 0 Å². The van der Waals surface area contributed by atoms with Crippen LogP contribution in [0.4, 0.5) is 24.0 Å². The maximum Gasteiger partial charge on any atom is 0.409 e. The topological polar surface area (TPSA) is 290 Å². The Balaban J connectivity index is 3.79. The van der Waals surface area contributed by atoms with Gasteiger partial charge in [-0.25, -0.2) is 24.0 Å². The molecule has 0 aliphatic carbocycles. The number of ether oxygens (including phenoxy) is 4. The number of carbonyl (C=O) groups excluding carboxylic acids is 7. The molecule has 0 aromatic heterocycles. The van der Waals surface area contributed by atoms with Gasteiger partial charge in [0.05, 0.1) is 33.8 Å². The highest BCUT2D eigenvalue weighted by Crippen LogP contribution is 1.81. The van der Waals surface area contributed by atoms with E-state index in [0.29, 0.717) is 0 Å².